The molecule has 1 heterocycles. The first-order chi connectivity index (χ1) is 7.69. The minimum atomic E-state index is -0.988. The average molecular weight is 221 g/mol. The number of rotatable bonds is 6. The summed E-state index contributed by atoms with van der Waals surface area (Å²) in [6, 6.07) is 1.39. The fourth-order valence-electron chi connectivity index (χ4n) is 1.42. The summed E-state index contributed by atoms with van der Waals surface area (Å²) in [7, 11) is 0. The van der Waals surface area contributed by atoms with Crippen molar-refractivity contribution in [2.24, 2.45) is 0 Å². The summed E-state index contributed by atoms with van der Waals surface area (Å²) >= 11 is 0. The zero-order chi connectivity index (χ0) is 12.0. The lowest BCUT2D eigenvalue weighted by molar-refractivity contribution is 0.0694. The normalized spacial score (nSPS) is 12.0. The van der Waals surface area contributed by atoms with E-state index >= 15 is 0 Å². The van der Waals surface area contributed by atoms with Crippen molar-refractivity contribution in [2.75, 3.05) is 0 Å². The number of carboxylic acids is 1. The van der Waals surface area contributed by atoms with Crippen LogP contribution in [0.25, 0.3) is 0 Å². The van der Waals surface area contributed by atoms with Gasteiger partial charge in [-0.2, -0.15) is 0 Å². The molecule has 0 saturated heterocycles. The Morgan fingerprint density at radius 2 is 2.50 bits per heavy atom. The Balaban J connectivity index is 2.57. The third-order valence-electron chi connectivity index (χ3n) is 2.26. The van der Waals surface area contributed by atoms with Gasteiger partial charge in [0, 0.05) is 0 Å². The van der Waals surface area contributed by atoms with E-state index in [1.165, 1.54) is 12.3 Å². The third kappa shape index (κ3) is 3.14. The van der Waals surface area contributed by atoms with Crippen LogP contribution in [0.5, 0.6) is 0 Å². The van der Waals surface area contributed by atoms with Crippen molar-refractivity contribution in [1.29, 1.82) is 0 Å². The maximum Gasteiger partial charge on any atom is 0.339 e. The first-order valence-corrected chi connectivity index (χ1v) is 5.18. The van der Waals surface area contributed by atoms with Gasteiger partial charge in [0.1, 0.15) is 11.3 Å². The Bertz CT molecular complexity index is 389. The van der Waals surface area contributed by atoms with Crippen LogP contribution in [0, 0.1) is 12.3 Å². The van der Waals surface area contributed by atoms with Crippen LogP contribution in [0.1, 0.15) is 35.9 Å². The summed E-state index contributed by atoms with van der Waals surface area (Å²) in [4.78, 5) is 10.8. The van der Waals surface area contributed by atoms with Crippen LogP contribution < -0.4 is 5.32 Å². The van der Waals surface area contributed by atoms with Crippen molar-refractivity contribution in [3.05, 3.63) is 23.7 Å². The quantitative estimate of drug-likeness (QED) is 0.720. The molecule has 1 rings (SSSR count). The van der Waals surface area contributed by atoms with Crippen LogP contribution in [0.4, 0.5) is 0 Å². The highest BCUT2D eigenvalue weighted by atomic mass is 16.4. The summed E-state index contributed by atoms with van der Waals surface area (Å²) in [5.74, 6) is 2.03. The largest absolute Gasteiger partial charge is 0.478 e. The molecule has 1 unspecified atom stereocenters. The van der Waals surface area contributed by atoms with E-state index in [1.54, 1.807) is 0 Å². The summed E-state index contributed by atoms with van der Waals surface area (Å²) in [5.41, 5.74) is 0.180. The second-order valence-electron chi connectivity index (χ2n) is 3.45. The summed E-state index contributed by atoms with van der Waals surface area (Å²) in [5, 5.41) is 11.9. The Kier molecular flexibility index (Phi) is 4.62. The molecule has 2 N–H and O–H groups in total. The number of carboxylic acid groups (broad SMARTS) is 1. The Labute approximate surface area is 94.7 Å². The van der Waals surface area contributed by atoms with Crippen LogP contribution in [0.2, 0.25) is 0 Å². The molecule has 4 nitrogen and oxygen atoms in total. The molecule has 0 spiro atoms. The van der Waals surface area contributed by atoms with E-state index in [0.29, 0.717) is 12.3 Å². The number of terminal acetylenes is 1. The lowest BCUT2D eigenvalue weighted by Gasteiger charge is -2.10. The van der Waals surface area contributed by atoms with Crippen molar-refractivity contribution in [1.82, 2.24) is 5.32 Å². The first kappa shape index (κ1) is 12.3. The van der Waals surface area contributed by atoms with Gasteiger partial charge in [0.05, 0.1) is 18.8 Å². The molecule has 0 bridgehead atoms. The molecule has 4 heteroatoms. The topological polar surface area (TPSA) is 62.5 Å². The number of furan rings is 1. The minimum absolute atomic E-state index is 0.0447. The summed E-state index contributed by atoms with van der Waals surface area (Å²) in [6.07, 6.45) is 8.54. The molecule has 1 aromatic heterocycles. The number of carbonyl (C=O) groups is 1. The highest BCUT2D eigenvalue weighted by molar-refractivity contribution is 5.88. The van der Waals surface area contributed by atoms with Crippen LogP contribution in [0.3, 0.4) is 0 Å². The molecular formula is C12H15NO3. The maximum atomic E-state index is 10.8. The number of hydrogen-bond acceptors (Lipinski definition) is 3. The van der Waals surface area contributed by atoms with Crippen LogP contribution in [0.15, 0.2) is 16.7 Å². The van der Waals surface area contributed by atoms with Gasteiger partial charge in [-0.05, 0) is 12.5 Å². The second kappa shape index (κ2) is 5.99. The second-order valence-corrected chi connectivity index (χ2v) is 3.45. The first-order valence-electron chi connectivity index (χ1n) is 5.18. The van der Waals surface area contributed by atoms with E-state index in [0.717, 1.165) is 12.8 Å². The standard InChI is InChI=1S/C12H15NO3/c1-3-5-9(4-2)13-8-11-10(12(14)15)6-7-16-11/h2,6-7,9,13H,3,5,8H2,1H3,(H,14,15). The fraction of sp³-hybridized carbons (Fsp3) is 0.417. The monoisotopic (exact) mass is 221 g/mol. The summed E-state index contributed by atoms with van der Waals surface area (Å²) in [6.45, 7) is 2.38. The van der Waals surface area contributed by atoms with Gasteiger partial charge in [0.25, 0.3) is 0 Å². The number of nitrogens with one attached hydrogen (secondary N) is 1. The summed E-state index contributed by atoms with van der Waals surface area (Å²) < 4.78 is 5.09. The van der Waals surface area contributed by atoms with E-state index in [-0.39, 0.29) is 11.6 Å². The van der Waals surface area contributed by atoms with Gasteiger partial charge in [-0.3, -0.25) is 5.32 Å². The van der Waals surface area contributed by atoms with Crippen molar-refractivity contribution in [3.8, 4) is 12.3 Å². The number of aromatic carboxylic acids is 1. The predicted octanol–water partition coefficient (Wildman–Crippen LogP) is 1.87. The van der Waals surface area contributed by atoms with Gasteiger partial charge in [0.15, 0.2) is 0 Å². The molecule has 86 valence electrons. The van der Waals surface area contributed by atoms with Gasteiger partial charge >= 0.3 is 5.97 Å². The highest BCUT2D eigenvalue weighted by Gasteiger charge is 2.13. The zero-order valence-corrected chi connectivity index (χ0v) is 9.19. The molecule has 0 saturated carbocycles. The molecule has 0 aliphatic rings. The van der Waals surface area contributed by atoms with Gasteiger partial charge in [-0.1, -0.05) is 19.3 Å². The lowest BCUT2D eigenvalue weighted by Crippen LogP contribution is -2.27. The molecule has 1 atom stereocenters. The van der Waals surface area contributed by atoms with Crippen LogP contribution in [-0.4, -0.2) is 17.1 Å². The highest BCUT2D eigenvalue weighted by Crippen LogP contribution is 2.10. The average Bonchev–Trinajstić information content (AvgIpc) is 2.72. The van der Waals surface area contributed by atoms with E-state index < -0.39 is 5.97 Å². The van der Waals surface area contributed by atoms with E-state index in [9.17, 15) is 4.79 Å². The molecule has 0 fully saturated rings. The fourth-order valence-corrected chi connectivity index (χ4v) is 1.42. The van der Waals surface area contributed by atoms with Crippen molar-refractivity contribution in [2.45, 2.75) is 32.4 Å². The van der Waals surface area contributed by atoms with Crippen LogP contribution >= 0.6 is 0 Å². The molecule has 0 aromatic carbocycles. The van der Waals surface area contributed by atoms with E-state index in [1.807, 2.05) is 6.92 Å². The Hall–Kier alpha value is -1.73. The molecule has 0 radical (unpaired) electrons. The number of hydrogen-bond donors (Lipinski definition) is 2. The molecule has 0 aliphatic heterocycles. The van der Waals surface area contributed by atoms with Crippen molar-refractivity contribution >= 4 is 5.97 Å². The molecule has 0 aliphatic carbocycles. The van der Waals surface area contributed by atoms with Crippen LogP contribution in [-0.2, 0) is 6.54 Å². The molecule has 0 amide bonds. The smallest absolute Gasteiger partial charge is 0.339 e. The van der Waals surface area contributed by atoms with E-state index in [4.69, 9.17) is 15.9 Å². The predicted molar refractivity (Wildman–Crippen MR) is 60.0 cm³/mol. The van der Waals surface area contributed by atoms with Gasteiger partial charge < -0.3 is 9.52 Å². The SMILES string of the molecule is C#CC(CCC)NCc1occc1C(=O)O. The minimum Gasteiger partial charge on any atom is -0.478 e. The van der Waals surface area contributed by atoms with Gasteiger partial charge in [0.2, 0.25) is 0 Å². The lowest BCUT2D eigenvalue weighted by atomic mass is 10.1. The van der Waals surface area contributed by atoms with Gasteiger partial charge in [-0.25, -0.2) is 4.79 Å². The molecular weight excluding hydrogens is 206 g/mol. The maximum absolute atomic E-state index is 10.8. The Morgan fingerprint density at radius 1 is 1.75 bits per heavy atom. The van der Waals surface area contributed by atoms with Crippen molar-refractivity contribution in [3.63, 3.8) is 0 Å². The molecule has 16 heavy (non-hydrogen) atoms. The zero-order valence-electron chi connectivity index (χ0n) is 9.19. The van der Waals surface area contributed by atoms with E-state index in [2.05, 4.69) is 11.2 Å². The van der Waals surface area contributed by atoms with Crippen molar-refractivity contribution < 1.29 is 14.3 Å². The molecule has 1 aromatic rings. The Morgan fingerprint density at radius 3 is 3.06 bits per heavy atom. The van der Waals surface area contributed by atoms with Gasteiger partial charge in [-0.15, -0.1) is 6.42 Å². The third-order valence-corrected chi connectivity index (χ3v) is 2.26.